The van der Waals surface area contributed by atoms with Crippen LogP contribution in [0.25, 0.3) is 11.3 Å². The normalized spacial score (nSPS) is 13.9. The molecule has 5 nitrogen and oxygen atoms in total. The molecule has 1 fully saturated rings. The van der Waals surface area contributed by atoms with Crippen LogP contribution in [0.4, 0.5) is 5.88 Å². The Hall–Kier alpha value is -2.73. The Morgan fingerprint density at radius 2 is 1.74 bits per heavy atom. The number of nitrogens with zero attached hydrogens (tertiary/aromatic N) is 3. The van der Waals surface area contributed by atoms with Gasteiger partial charge in [0.25, 0.3) is 0 Å². The molecule has 1 aliphatic heterocycles. The highest BCUT2D eigenvalue weighted by molar-refractivity contribution is 7.99. The Labute approximate surface area is 188 Å². The molecule has 1 saturated heterocycles. The molecule has 3 aromatic rings. The molecule has 0 atom stereocenters. The molecule has 4 rings (SSSR count). The van der Waals surface area contributed by atoms with Crippen LogP contribution in [-0.2, 0) is 17.8 Å². The standard InChI is InChI=1S/C25H29N3O2S/c1-2-13-28(23(29)18-20-9-5-3-6-10-20)19-22-24(21-11-7-4-8-12-21)26-30-25(22)27-14-16-31-17-15-27/h3-12H,2,13-19H2,1H3. The maximum absolute atomic E-state index is 13.2. The van der Waals surface area contributed by atoms with Crippen LogP contribution in [0.2, 0.25) is 0 Å². The second-order valence-electron chi connectivity index (χ2n) is 7.76. The first kappa shape index (κ1) is 21.5. The predicted molar refractivity (Wildman–Crippen MR) is 127 cm³/mol. The van der Waals surface area contributed by atoms with Crippen LogP contribution < -0.4 is 4.90 Å². The number of carbonyl (C=O) groups excluding carboxylic acids is 1. The lowest BCUT2D eigenvalue weighted by atomic mass is 10.1. The van der Waals surface area contributed by atoms with Gasteiger partial charge in [0.15, 0.2) is 0 Å². The lowest BCUT2D eigenvalue weighted by Crippen LogP contribution is -2.35. The summed E-state index contributed by atoms with van der Waals surface area (Å²) in [6.07, 6.45) is 1.31. The quantitative estimate of drug-likeness (QED) is 0.505. The van der Waals surface area contributed by atoms with Gasteiger partial charge in [-0.05, 0) is 12.0 Å². The molecule has 1 aliphatic rings. The first-order valence-corrected chi connectivity index (χ1v) is 12.1. The van der Waals surface area contributed by atoms with Crippen molar-refractivity contribution in [2.24, 2.45) is 0 Å². The van der Waals surface area contributed by atoms with Crippen LogP contribution in [0.5, 0.6) is 0 Å². The van der Waals surface area contributed by atoms with E-state index in [2.05, 4.69) is 17.0 Å². The number of aromatic nitrogens is 1. The molecule has 1 amide bonds. The summed E-state index contributed by atoms with van der Waals surface area (Å²) in [5.41, 5.74) is 3.90. The SMILES string of the molecule is CCCN(Cc1c(-c2ccccc2)noc1N1CCSCC1)C(=O)Cc1ccccc1. The van der Waals surface area contributed by atoms with E-state index in [1.165, 1.54) is 0 Å². The predicted octanol–water partition coefficient (Wildman–Crippen LogP) is 4.88. The maximum atomic E-state index is 13.2. The fourth-order valence-corrected chi connectivity index (χ4v) is 4.82. The van der Waals surface area contributed by atoms with E-state index in [1.807, 2.05) is 77.3 Å². The molecule has 1 aromatic heterocycles. The summed E-state index contributed by atoms with van der Waals surface area (Å²) >= 11 is 1.96. The molecule has 0 aliphatic carbocycles. The van der Waals surface area contributed by atoms with E-state index in [4.69, 9.17) is 4.52 Å². The van der Waals surface area contributed by atoms with E-state index in [0.717, 1.165) is 59.3 Å². The van der Waals surface area contributed by atoms with E-state index >= 15 is 0 Å². The highest BCUT2D eigenvalue weighted by atomic mass is 32.2. The van der Waals surface area contributed by atoms with Gasteiger partial charge in [0.05, 0.1) is 18.5 Å². The second-order valence-corrected chi connectivity index (χ2v) is 8.98. The van der Waals surface area contributed by atoms with Gasteiger partial charge in [-0.15, -0.1) is 0 Å². The van der Waals surface area contributed by atoms with Crippen LogP contribution in [0.15, 0.2) is 65.2 Å². The van der Waals surface area contributed by atoms with Crippen molar-refractivity contribution in [3.8, 4) is 11.3 Å². The number of anilines is 1. The van der Waals surface area contributed by atoms with Gasteiger partial charge in [0, 0.05) is 36.7 Å². The molecular weight excluding hydrogens is 406 g/mol. The van der Waals surface area contributed by atoms with E-state index in [9.17, 15) is 4.79 Å². The summed E-state index contributed by atoms with van der Waals surface area (Å²) in [5, 5.41) is 4.46. The van der Waals surface area contributed by atoms with E-state index < -0.39 is 0 Å². The van der Waals surface area contributed by atoms with Crippen LogP contribution in [0, 0.1) is 0 Å². The minimum Gasteiger partial charge on any atom is -0.339 e. The summed E-state index contributed by atoms with van der Waals surface area (Å²) in [5.74, 6) is 3.10. The average molecular weight is 436 g/mol. The summed E-state index contributed by atoms with van der Waals surface area (Å²) in [6, 6.07) is 20.1. The van der Waals surface area contributed by atoms with Crippen molar-refractivity contribution in [2.45, 2.75) is 26.3 Å². The number of amides is 1. The maximum Gasteiger partial charge on any atom is 0.232 e. The zero-order chi connectivity index (χ0) is 21.5. The zero-order valence-electron chi connectivity index (χ0n) is 18.0. The summed E-state index contributed by atoms with van der Waals surface area (Å²) in [4.78, 5) is 17.4. The Balaban J connectivity index is 1.64. The van der Waals surface area contributed by atoms with Gasteiger partial charge in [0.2, 0.25) is 11.8 Å². The van der Waals surface area contributed by atoms with Gasteiger partial charge in [0.1, 0.15) is 5.69 Å². The number of hydrogen-bond acceptors (Lipinski definition) is 5. The van der Waals surface area contributed by atoms with Gasteiger partial charge in [-0.2, -0.15) is 11.8 Å². The van der Waals surface area contributed by atoms with Crippen molar-refractivity contribution >= 4 is 23.6 Å². The number of carbonyl (C=O) groups is 1. The van der Waals surface area contributed by atoms with Gasteiger partial charge in [-0.25, -0.2) is 0 Å². The van der Waals surface area contributed by atoms with Crippen molar-refractivity contribution in [3.63, 3.8) is 0 Å². The first-order chi connectivity index (χ1) is 15.3. The van der Waals surface area contributed by atoms with Crippen molar-refractivity contribution < 1.29 is 9.32 Å². The molecule has 6 heteroatoms. The van der Waals surface area contributed by atoms with Crippen molar-refractivity contribution in [1.82, 2.24) is 10.1 Å². The average Bonchev–Trinajstić information content (AvgIpc) is 3.24. The third kappa shape index (κ3) is 5.31. The Morgan fingerprint density at radius 1 is 1.06 bits per heavy atom. The number of hydrogen-bond donors (Lipinski definition) is 0. The largest absolute Gasteiger partial charge is 0.339 e. The Kier molecular flexibility index (Phi) is 7.30. The van der Waals surface area contributed by atoms with Gasteiger partial charge < -0.3 is 14.3 Å². The van der Waals surface area contributed by atoms with Crippen LogP contribution >= 0.6 is 11.8 Å². The van der Waals surface area contributed by atoms with Gasteiger partial charge >= 0.3 is 0 Å². The molecular formula is C25H29N3O2S. The van der Waals surface area contributed by atoms with Crippen molar-refractivity contribution in [2.75, 3.05) is 36.0 Å². The fourth-order valence-electron chi connectivity index (χ4n) is 3.92. The molecule has 31 heavy (non-hydrogen) atoms. The minimum absolute atomic E-state index is 0.133. The van der Waals surface area contributed by atoms with Gasteiger partial charge in [-0.3, -0.25) is 4.79 Å². The highest BCUT2D eigenvalue weighted by Gasteiger charge is 2.26. The topological polar surface area (TPSA) is 49.6 Å². The number of rotatable bonds is 8. The van der Waals surface area contributed by atoms with Crippen LogP contribution in [0.3, 0.4) is 0 Å². The zero-order valence-corrected chi connectivity index (χ0v) is 18.8. The van der Waals surface area contributed by atoms with Crippen molar-refractivity contribution in [3.05, 3.63) is 71.8 Å². The highest BCUT2D eigenvalue weighted by Crippen LogP contribution is 2.33. The summed E-state index contributed by atoms with van der Waals surface area (Å²) in [7, 11) is 0. The van der Waals surface area contributed by atoms with Crippen LogP contribution in [0.1, 0.15) is 24.5 Å². The monoisotopic (exact) mass is 435 g/mol. The van der Waals surface area contributed by atoms with E-state index in [-0.39, 0.29) is 5.91 Å². The number of thioether (sulfide) groups is 1. The molecule has 0 spiro atoms. The van der Waals surface area contributed by atoms with Crippen molar-refractivity contribution in [1.29, 1.82) is 0 Å². The smallest absolute Gasteiger partial charge is 0.232 e. The molecule has 0 unspecified atom stereocenters. The fraction of sp³-hybridized carbons (Fsp3) is 0.360. The second kappa shape index (κ2) is 10.5. The molecule has 162 valence electrons. The van der Waals surface area contributed by atoms with Gasteiger partial charge in [-0.1, -0.05) is 72.7 Å². The third-order valence-electron chi connectivity index (χ3n) is 5.51. The molecule has 0 N–H and O–H groups in total. The lowest BCUT2D eigenvalue weighted by molar-refractivity contribution is -0.131. The Morgan fingerprint density at radius 3 is 2.42 bits per heavy atom. The lowest BCUT2D eigenvalue weighted by Gasteiger charge is -2.28. The number of benzene rings is 2. The summed E-state index contributed by atoms with van der Waals surface area (Å²) < 4.78 is 5.90. The van der Waals surface area contributed by atoms with E-state index in [1.54, 1.807) is 0 Å². The molecule has 0 radical (unpaired) electrons. The van der Waals surface area contributed by atoms with E-state index in [0.29, 0.717) is 19.5 Å². The Bertz CT molecular complexity index is 969. The molecule has 0 saturated carbocycles. The molecule has 0 bridgehead atoms. The first-order valence-electron chi connectivity index (χ1n) is 10.9. The minimum atomic E-state index is 0.133. The van der Waals surface area contributed by atoms with Crippen LogP contribution in [-0.4, -0.2) is 47.1 Å². The third-order valence-corrected chi connectivity index (χ3v) is 6.45. The summed E-state index contributed by atoms with van der Waals surface area (Å²) in [6.45, 7) is 5.20. The molecule has 2 heterocycles. The molecule has 2 aromatic carbocycles.